The van der Waals surface area contributed by atoms with Gasteiger partial charge in [0.2, 0.25) is 0 Å². The Kier molecular flexibility index (Phi) is 5.48. The summed E-state index contributed by atoms with van der Waals surface area (Å²) < 4.78 is 12.2. The molecule has 0 N–H and O–H groups in total. The molecule has 1 fully saturated rings. The van der Waals surface area contributed by atoms with Crippen molar-refractivity contribution in [2.75, 3.05) is 0 Å². The first-order valence-corrected chi connectivity index (χ1v) is 7.30. The molecule has 0 aromatic carbocycles. The third-order valence-electron chi connectivity index (χ3n) is 4.50. The predicted octanol–water partition coefficient (Wildman–Crippen LogP) is 4.61. The van der Waals surface area contributed by atoms with E-state index in [4.69, 9.17) is 9.31 Å². The van der Waals surface area contributed by atoms with Gasteiger partial charge in [0.05, 0.1) is 11.7 Å². The van der Waals surface area contributed by atoms with Crippen LogP contribution < -0.4 is 0 Å². The van der Waals surface area contributed by atoms with E-state index < -0.39 is 0 Å². The zero-order chi connectivity index (χ0) is 13.8. The second-order valence-corrected chi connectivity index (χ2v) is 6.37. The van der Waals surface area contributed by atoms with E-state index in [1.54, 1.807) is 0 Å². The van der Waals surface area contributed by atoms with Gasteiger partial charge in [-0.25, -0.2) is 0 Å². The van der Waals surface area contributed by atoms with Crippen LogP contribution in [0.15, 0.2) is 12.7 Å². The van der Waals surface area contributed by atoms with Crippen LogP contribution >= 0.6 is 0 Å². The minimum atomic E-state index is -0.164. The van der Waals surface area contributed by atoms with E-state index in [0.717, 1.165) is 19.3 Å². The van der Waals surface area contributed by atoms with Crippen LogP contribution in [-0.2, 0) is 9.31 Å². The topological polar surface area (TPSA) is 18.5 Å². The second kappa shape index (κ2) is 6.25. The number of hydrogen-bond acceptors (Lipinski definition) is 2. The van der Waals surface area contributed by atoms with Crippen molar-refractivity contribution in [2.24, 2.45) is 0 Å². The Morgan fingerprint density at radius 2 is 2.06 bits per heavy atom. The summed E-state index contributed by atoms with van der Waals surface area (Å²) in [4.78, 5) is 0. The SMILES string of the molecule is C=CCCCCC(C)(CC)B1OC(C)C(C)(C)O1. The van der Waals surface area contributed by atoms with Crippen LogP contribution in [0.2, 0.25) is 5.31 Å². The monoisotopic (exact) mass is 252 g/mol. The molecule has 1 aliphatic heterocycles. The van der Waals surface area contributed by atoms with Crippen molar-refractivity contribution in [3.05, 3.63) is 12.7 Å². The van der Waals surface area contributed by atoms with Crippen LogP contribution in [0.5, 0.6) is 0 Å². The van der Waals surface area contributed by atoms with Gasteiger partial charge in [0.25, 0.3) is 0 Å². The number of hydrogen-bond donors (Lipinski definition) is 0. The van der Waals surface area contributed by atoms with E-state index in [9.17, 15) is 0 Å². The first-order valence-electron chi connectivity index (χ1n) is 7.30. The van der Waals surface area contributed by atoms with Gasteiger partial charge in [0.15, 0.2) is 0 Å². The van der Waals surface area contributed by atoms with Gasteiger partial charge in [0.1, 0.15) is 0 Å². The van der Waals surface area contributed by atoms with E-state index >= 15 is 0 Å². The first kappa shape index (κ1) is 15.8. The average Bonchev–Trinajstić information content (AvgIpc) is 2.60. The first-order chi connectivity index (χ1) is 8.35. The zero-order valence-corrected chi connectivity index (χ0v) is 12.8. The molecule has 0 saturated carbocycles. The maximum atomic E-state index is 6.13. The molecule has 0 aliphatic carbocycles. The molecule has 2 unspecified atom stereocenters. The Bertz CT molecular complexity index is 278. The maximum Gasteiger partial charge on any atom is 0.464 e. The Labute approximate surface area is 113 Å². The largest absolute Gasteiger partial charge is 0.464 e. The smallest absolute Gasteiger partial charge is 0.405 e. The van der Waals surface area contributed by atoms with Crippen molar-refractivity contribution >= 4 is 7.12 Å². The van der Waals surface area contributed by atoms with Crippen molar-refractivity contribution < 1.29 is 9.31 Å². The lowest BCUT2D eigenvalue weighted by molar-refractivity contribution is 0.0831. The lowest BCUT2D eigenvalue weighted by Gasteiger charge is -2.30. The Morgan fingerprint density at radius 3 is 2.50 bits per heavy atom. The van der Waals surface area contributed by atoms with Crippen LogP contribution in [0.3, 0.4) is 0 Å². The van der Waals surface area contributed by atoms with Gasteiger partial charge < -0.3 is 9.31 Å². The maximum absolute atomic E-state index is 6.13. The third kappa shape index (κ3) is 3.61. The van der Waals surface area contributed by atoms with E-state index in [-0.39, 0.29) is 24.1 Å². The molecule has 1 rings (SSSR count). The highest BCUT2D eigenvalue weighted by Gasteiger charge is 2.51. The quantitative estimate of drug-likeness (QED) is 0.374. The summed E-state index contributed by atoms with van der Waals surface area (Å²) in [6.45, 7) is 14.6. The highest BCUT2D eigenvalue weighted by molar-refractivity contribution is 6.49. The molecule has 0 amide bonds. The molecule has 3 heteroatoms. The van der Waals surface area contributed by atoms with Crippen LogP contribution in [0.4, 0.5) is 0 Å². The average molecular weight is 252 g/mol. The molecule has 1 aliphatic rings. The Morgan fingerprint density at radius 1 is 1.39 bits per heavy atom. The van der Waals surface area contributed by atoms with Crippen molar-refractivity contribution in [1.82, 2.24) is 0 Å². The molecule has 0 aromatic rings. The van der Waals surface area contributed by atoms with E-state index in [2.05, 4.69) is 41.2 Å². The molecular formula is C15H29BO2. The molecule has 0 spiro atoms. The van der Waals surface area contributed by atoms with Crippen molar-refractivity contribution in [3.8, 4) is 0 Å². The number of unbranched alkanes of at least 4 members (excludes halogenated alkanes) is 2. The molecule has 18 heavy (non-hydrogen) atoms. The number of rotatable bonds is 7. The van der Waals surface area contributed by atoms with E-state index in [0.29, 0.717) is 0 Å². The lowest BCUT2D eigenvalue weighted by atomic mass is 9.55. The molecular weight excluding hydrogens is 223 g/mol. The van der Waals surface area contributed by atoms with Crippen LogP contribution in [-0.4, -0.2) is 18.8 Å². The highest BCUT2D eigenvalue weighted by atomic mass is 16.7. The fourth-order valence-electron chi connectivity index (χ4n) is 2.33. The van der Waals surface area contributed by atoms with Crippen molar-refractivity contribution in [1.29, 1.82) is 0 Å². The Balaban J connectivity index is 2.56. The molecule has 1 saturated heterocycles. The van der Waals surface area contributed by atoms with Gasteiger partial charge in [-0.15, -0.1) is 6.58 Å². The zero-order valence-electron chi connectivity index (χ0n) is 12.8. The molecule has 0 bridgehead atoms. The van der Waals surface area contributed by atoms with Gasteiger partial charge in [-0.05, 0) is 40.0 Å². The summed E-state index contributed by atoms with van der Waals surface area (Å²) in [6.07, 6.45) is 7.95. The van der Waals surface area contributed by atoms with Crippen molar-refractivity contribution in [2.45, 2.75) is 83.7 Å². The van der Waals surface area contributed by atoms with Crippen molar-refractivity contribution in [3.63, 3.8) is 0 Å². The standard InChI is InChI=1S/C15H29BO2/c1-7-9-10-11-12-15(6,8-2)16-17-13(3)14(4,5)18-16/h7,13H,1,8-12H2,2-6H3. The van der Waals surface area contributed by atoms with E-state index in [1.165, 1.54) is 12.8 Å². The normalized spacial score (nSPS) is 26.1. The van der Waals surface area contributed by atoms with Crippen LogP contribution in [0.25, 0.3) is 0 Å². The summed E-state index contributed by atoms with van der Waals surface area (Å²) in [6, 6.07) is 0. The van der Waals surface area contributed by atoms with Gasteiger partial charge in [-0.2, -0.15) is 0 Å². The van der Waals surface area contributed by atoms with Gasteiger partial charge in [-0.3, -0.25) is 0 Å². The molecule has 104 valence electrons. The van der Waals surface area contributed by atoms with Gasteiger partial charge in [0, 0.05) is 5.31 Å². The third-order valence-corrected chi connectivity index (χ3v) is 4.50. The minimum absolute atomic E-state index is 0.0590. The predicted molar refractivity (Wildman–Crippen MR) is 78.8 cm³/mol. The van der Waals surface area contributed by atoms with E-state index in [1.807, 2.05) is 6.08 Å². The molecule has 2 atom stereocenters. The second-order valence-electron chi connectivity index (χ2n) is 6.37. The fraction of sp³-hybridized carbons (Fsp3) is 0.867. The molecule has 0 aromatic heterocycles. The minimum Gasteiger partial charge on any atom is -0.405 e. The van der Waals surface area contributed by atoms with Gasteiger partial charge >= 0.3 is 7.12 Å². The molecule has 0 radical (unpaired) electrons. The summed E-state index contributed by atoms with van der Waals surface area (Å²) in [5.74, 6) is 0. The summed E-state index contributed by atoms with van der Waals surface area (Å²) >= 11 is 0. The lowest BCUT2D eigenvalue weighted by Crippen LogP contribution is -2.34. The Hall–Kier alpha value is -0.275. The highest BCUT2D eigenvalue weighted by Crippen LogP contribution is 2.45. The van der Waals surface area contributed by atoms with Crippen LogP contribution in [0, 0.1) is 0 Å². The summed E-state index contributed by atoms with van der Waals surface area (Å²) in [5.41, 5.74) is -0.164. The molecule has 1 heterocycles. The fourth-order valence-corrected chi connectivity index (χ4v) is 2.33. The van der Waals surface area contributed by atoms with Gasteiger partial charge in [-0.1, -0.05) is 32.8 Å². The number of allylic oxidation sites excluding steroid dienone is 1. The van der Waals surface area contributed by atoms with Crippen LogP contribution in [0.1, 0.15) is 66.7 Å². The summed E-state index contributed by atoms with van der Waals surface area (Å²) in [5, 5.41) is 0.128. The summed E-state index contributed by atoms with van der Waals surface area (Å²) in [7, 11) is -0.0590. The molecule has 2 nitrogen and oxygen atoms in total.